The highest BCUT2D eigenvalue weighted by Crippen LogP contribution is 2.14. The van der Waals surface area contributed by atoms with Crippen LogP contribution >= 0.6 is 0 Å². The highest BCUT2D eigenvalue weighted by molar-refractivity contribution is 7.91. The average Bonchev–Trinajstić information content (AvgIpc) is 2.39. The molecular formula is C10H21NO3S. The van der Waals surface area contributed by atoms with Crippen molar-refractivity contribution in [1.82, 2.24) is 5.32 Å². The molecule has 3 atom stereocenters. The Kier molecular flexibility index (Phi) is 4.55. The zero-order valence-corrected chi connectivity index (χ0v) is 10.3. The number of aliphatic hydroxyl groups is 1. The molecule has 1 fully saturated rings. The lowest BCUT2D eigenvalue weighted by molar-refractivity contribution is 0.157. The zero-order chi connectivity index (χ0) is 11.5. The van der Waals surface area contributed by atoms with Crippen molar-refractivity contribution < 1.29 is 13.5 Å². The van der Waals surface area contributed by atoms with E-state index >= 15 is 0 Å². The molecule has 1 heterocycles. The molecule has 0 saturated carbocycles. The van der Waals surface area contributed by atoms with Gasteiger partial charge < -0.3 is 10.4 Å². The van der Waals surface area contributed by atoms with Gasteiger partial charge in [-0.3, -0.25) is 0 Å². The number of nitrogens with one attached hydrogen (secondary N) is 1. The van der Waals surface area contributed by atoms with Crippen molar-refractivity contribution in [3.63, 3.8) is 0 Å². The van der Waals surface area contributed by atoms with Crippen LogP contribution in [-0.2, 0) is 9.84 Å². The van der Waals surface area contributed by atoms with Gasteiger partial charge >= 0.3 is 0 Å². The van der Waals surface area contributed by atoms with Crippen molar-refractivity contribution in [2.75, 3.05) is 11.5 Å². The van der Waals surface area contributed by atoms with Crippen molar-refractivity contribution in [3.8, 4) is 0 Å². The van der Waals surface area contributed by atoms with Crippen molar-refractivity contribution in [2.24, 2.45) is 0 Å². The molecule has 0 aromatic rings. The van der Waals surface area contributed by atoms with Crippen molar-refractivity contribution in [2.45, 2.75) is 51.3 Å². The van der Waals surface area contributed by atoms with Crippen molar-refractivity contribution >= 4 is 9.84 Å². The Bertz CT molecular complexity index is 289. The fourth-order valence-electron chi connectivity index (χ4n) is 2.04. The van der Waals surface area contributed by atoms with Crippen LogP contribution in [0, 0.1) is 0 Å². The van der Waals surface area contributed by atoms with Gasteiger partial charge in [-0.15, -0.1) is 0 Å². The molecule has 0 aliphatic carbocycles. The summed E-state index contributed by atoms with van der Waals surface area (Å²) >= 11 is 0. The third-order valence-electron chi connectivity index (χ3n) is 2.90. The molecule has 0 amide bonds. The number of rotatable bonds is 5. The third-order valence-corrected chi connectivity index (χ3v) is 4.62. The molecule has 0 spiro atoms. The molecule has 0 bridgehead atoms. The van der Waals surface area contributed by atoms with Gasteiger partial charge in [0, 0.05) is 12.1 Å². The fourth-order valence-corrected chi connectivity index (χ4v) is 3.80. The van der Waals surface area contributed by atoms with E-state index in [4.69, 9.17) is 0 Å². The van der Waals surface area contributed by atoms with Crippen LogP contribution in [-0.4, -0.2) is 43.2 Å². The summed E-state index contributed by atoms with van der Waals surface area (Å²) in [7, 11) is -3.03. The Morgan fingerprint density at radius 2 is 2.07 bits per heavy atom. The first kappa shape index (κ1) is 12.9. The molecular weight excluding hydrogens is 214 g/mol. The maximum absolute atomic E-state index is 11.3. The lowest BCUT2D eigenvalue weighted by atomic mass is 10.1. The predicted molar refractivity (Wildman–Crippen MR) is 60.6 cm³/mol. The molecule has 1 aliphatic rings. The van der Waals surface area contributed by atoms with Gasteiger partial charge in [0.15, 0.2) is 9.84 Å². The van der Waals surface area contributed by atoms with Gasteiger partial charge in [0.25, 0.3) is 0 Å². The second-order valence-corrected chi connectivity index (χ2v) is 6.47. The summed E-state index contributed by atoms with van der Waals surface area (Å²) in [4.78, 5) is 0. The summed E-state index contributed by atoms with van der Waals surface area (Å²) in [5.41, 5.74) is 0. The third kappa shape index (κ3) is 3.74. The maximum atomic E-state index is 11.3. The van der Waals surface area contributed by atoms with Crippen LogP contribution < -0.4 is 5.32 Å². The first-order chi connectivity index (χ1) is 6.98. The number of sulfone groups is 1. The fraction of sp³-hybridized carbons (Fsp3) is 1.00. The summed E-state index contributed by atoms with van der Waals surface area (Å²) < 4.78 is 22.6. The van der Waals surface area contributed by atoms with Crippen molar-refractivity contribution in [3.05, 3.63) is 0 Å². The molecule has 5 heteroatoms. The standard InChI is InChI=1S/C10H21NO3S/c1-3-5-8(4-2)11-9-6-15(13,14)7-10(9)12/h8-12H,3-7H2,1-2H3. The highest BCUT2D eigenvalue weighted by atomic mass is 32.2. The Morgan fingerprint density at radius 1 is 1.40 bits per heavy atom. The Hall–Kier alpha value is -0.130. The van der Waals surface area contributed by atoms with E-state index in [1.54, 1.807) is 0 Å². The molecule has 0 radical (unpaired) electrons. The number of hydrogen-bond acceptors (Lipinski definition) is 4. The Labute approximate surface area is 92.0 Å². The van der Waals surface area contributed by atoms with Crippen LogP contribution in [0.25, 0.3) is 0 Å². The van der Waals surface area contributed by atoms with E-state index in [0.29, 0.717) is 6.04 Å². The van der Waals surface area contributed by atoms with E-state index in [0.717, 1.165) is 19.3 Å². The molecule has 1 rings (SSSR count). The molecule has 3 unspecified atom stereocenters. The monoisotopic (exact) mass is 235 g/mol. The van der Waals surface area contributed by atoms with Gasteiger partial charge in [0.1, 0.15) is 0 Å². The smallest absolute Gasteiger partial charge is 0.154 e. The topological polar surface area (TPSA) is 66.4 Å². The van der Waals surface area contributed by atoms with Crippen LogP contribution in [0.5, 0.6) is 0 Å². The van der Waals surface area contributed by atoms with Crippen molar-refractivity contribution in [1.29, 1.82) is 0 Å². The summed E-state index contributed by atoms with van der Waals surface area (Å²) in [6.07, 6.45) is 2.33. The summed E-state index contributed by atoms with van der Waals surface area (Å²) in [5.74, 6) is -0.0123. The molecule has 1 saturated heterocycles. The van der Waals surface area contributed by atoms with E-state index in [2.05, 4.69) is 19.2 Å². The molecule has 15 heavy (non-hydrogen) atoms. The molecule has 0 aromatic carbocycles. The van der Waals surface area contributed by atoms with Gasteiger partial charge in [-0.05, 0) is 12.8 Å². The molecule has 4 nitrogen and oxygen atoms in total. The number of hydrogen-bond donors (Lipinski definition) is 2. The van der Waals surface area contributed by atoms with Crippen LogP contribution in [0.1, 0.15) is 33.1 Å². The van der Waals surface area contributed by atoms with Gasteiger partial charge in [-0.2, -0.15) is 0 Å². The Balaban J connectivity index is 2.51. The minimum Gasteiger partial charge on any atom is -0.390 e. The van der Waals surface area contributed by atoms with Gasteiger partial charge in [0.05, 0.1) is 17.6 Å². The lowest BCUT2D eigenvalue weighted by Crippen LogP contribution is -2.44. The first-order valence-corrected chi connectivity index (χ1v) is 7.45. The van der Waals surface area contributed by atoms with Crippen LogP contribution in [0.3, 0.4) is 0 Å². The second-order valence-electron chi connectivity index (χ2n) is 4.31. The van der Waals surface area contributed by atoms with Crippen LogP contribution in [0.15, 0.2) is 0 Å². The number of aliphatic hydroxyl groups excluding tert-OH is 1. The molecule has 90 valence electrons. The second kappa shape index (κ2) is 5.27. The minimum absolute atomic E-state index is 0.0778. The zero-order valence-electron chi connectivity index (χ0n) is 9.44. The largest absolute Gasteiger partial charge is 0.390 e. The van der Waals surface area contributed by atoms with E-state index in [9.17, 15) is 13.5 Å². The van der Waals surface area contributed by atoms with Crippen LogP contribution in [0.2, 0.25) is 0 Å². The predicted octanol–water partition coefficient (Wildman–Crippen LogP) is 0.313. The van der Waals surface area contributed by atoms with E-state index < -0.39 is 15.9 Å². The quantitative estimate of drug-likeness (QED) is 0.720. The highest BCUT2D eigenvalue weighted by Gasteiger charge is 2.36. The average molecular weight is 235 g/mol. The molecule has 0 aromatic heterocycles. The van der Waals surface area contributed by atoms with E-state index in [1.165, 1.54) is 0 Å². The van der Waals surface area contributed by atoms with Gasteiger partial charge in [-0.25, -0.2) is 8.42 Å². The van der Waals surface area contributed by atoms with E-state index in [1.807, 2.05) is 0 Å². The normalized spacial score (nSPS) is 31.7. The molecule has 2 N–H and O–H groups in total. The summed E-state index contributed by atoms with van der Waals surface area (Å²) in [5, 5.41) is 12.8. The summed E-state index contributed by atoms with van der Waals surface area (Å²) in [6.45, 7) is 4.18. The van der Waals surface area contributed by atoms with Gasteiger partial charge in [0.2, 0.25) is 0 Å². The van der Waals surface area contributed by atoms with Gasteiger partial charge in [-0.1, -0.05) is 20.3 Å². The van der Waals surface area contributed by atoms with Crippen LogP contribution in [0.4, 0.5) is 0 Å². The first-order valence-electron chi connectivity index (χ1n) is 5.63. The SMILES string of the molecule is CCCC(CC)NC1CS(=O)(=O)CC1O. The minimum atomic E-state index is -3.03. The lowest BCUT2D eigenvalue weighted by Gasteiger charge is -2.22. The Morgan fingerprint density at radius 3 is 2.47 bits per heavy atom. The maximum Gasteiger partial charge on any atom is 0.154 e. The van der Waals surface area contributed by atoms with E-state index in [-0.39, 0.29) is 17.5 Å². The summed E-state index contributed by atoms with van der Waals surface area (Å²) in [6, 6.07) is 0.0504. The molecule has 1 aliphatic heterocycles.